The lowest BCUT2D eigenvalue weighted by molar-refractivity contribution is -0.123. The van der Waals surface area contributed by atoms with Crippen LogP contribution in [0.1, 0.15) is 23.6 Å². The third-order valence-electron chi connectivity index (χ3n) is 5.13. The number of nitrogens with zero attached hydrogens (tertiary/aromatic N) is 1. The summed E-state index contributed by atoms with van der Waals surface area (Å²) in [6.07, 6.45) is 1.48. The van der Waals surface area contributed by atoms with E-state index in [1.54, 1.807) is 31.2 Å². The molecule has 180 valence electrons. The smallest absolute Gasteiger partial charge is 0.329 e. The van der Waals surface area contributed by atoms with Crippen molar-refractivity contribution in [2.24, 2.45) is 0 Å². The van der Waals surface area contributed by atoms with Crippen LogP contribution in [0.2, 0.25) is 5.02 Å². The summed E-state index contributed by atoms with van der Waals surface area (Å²) in [5, 5.41) is 2.77. The van der Waals surface area contributed by atoms with Crippen LogP contribution in [-0.2, 0) is 17.9 Å². The molecule has 0 bridgehead atoms. The standard InChI is InChI=1S/C26H21ClF2N2O4/c1-2-34-23-13-18(11-21(27)24(23)35-15-17-4-3-5-20(29)10-17)12-22-25(32)31(26(33)30-22)14-16-6-8-19(28)9-7-16/h3-13H,2,14-15H2,1H3,(H,30,33)/b22-12+. The summed E-state index contributed by atoms with van der Waals surface area (Å²) >= 11 is 6.45. The Kier molecular flexibility index (Phi) is 7.31. The van der Waals surface area contributed by atoms with Crippen molar-refractivity contribution < 1.29 is 27.8 Å². The molecule has 1 N–H and O–H groups in total. The Morgan fingerprint density at radius 3 is 2.46 bits per heavy atom. The van der Waals surface area contributed by atoms with Gasteiger partial charge in [-0.15, -0.1) is 0 Å². The molecule has 0 atom stereocenters. The minimum absolute atomic E-state index is 0.0000960. The minimum atomic E-state index is -0.586. The highest BCUT2D eigenvalue weighted by Crippen LogP contribution is 2.38. The number of hydrogen-bond donors (Lipinski definition) is 1. The summed E-state index contributed by atoms with van der Waals surface area (Å²) in [4.78, 5) is 26.2. The molecule has 9 heteroatoms. The summed E-state index contributed by atoms with van der Waals surface area (Å²) in [6, 6.07) is 14.2. The van der Waals surface area contributed by atoms with E-state index in [4.69, 9.17) is 21.1 Å². The second kappa shape index (κ2) is 10.6. The van der Waals surface area contributed by atoms with Gasteiger partial charge in [0, 0.05) is 0 Å². The number of urea groups is 1. The Bertz CT molecular complexity index is 1300. The zero-order chi connectivity index (χ0) is 24.9. The van der Waals surface area contributed by atoms with E-state index in [0.717, 1.165) is 4.90 Å². The first-order valence-electron chi connectivity index (χ1n) is 10.8. The lowest BCUT2D eigenvalue weighted by atomic mass is 10.1. The maximum atomic E-state index is 13.5. The molecule has 1 fully saturated rings. The van der Waals surface area contributed by atoms with Crippen molar-refractivity contribution in [3.63, 3.8) is 0 Å². The number of nitrogens with one attached hydrogen (secondary N) is 1. The molecule has 0 spiro atoms. The Hall–Kier alpha value is -3.91. The highest BCUT2D eigenvalue weighted by Gasteiger charge is 2.33. The van der Waals surface area contributed by atoms with E-state index in [1.165, 1.54) is 42.5 Å². The summed E-state index contributed by atoms with van der Waals surface area (Å²) in [5.41, 5.74) is 1.79. The topological polar surface area (TPSA) is 67.9 Å². The normalized spacial score (nSPS) is 14.4. The van der Waals surface area contributed by atoms with Crippen LogP contribution in [0.3, 0.4) is 0 Å². The summed E-state index contributed by atoms with van der Waals surface area (Å²) in [6.45, 7) is 2.20. The summed E-state index contributed by atoms with van der Waals surface area (Å²) < 4.78 is 38.1. The average molecular weight is 499 g/mol. The Morgan fingerprint density at radius 2 is 1.74 bits per heavy atom. The van der Waals surface area contributed by atoms with Crippen molar-refractivity contribution in [2.45, 2.75) is 20.1 Å². The number of carbonyl (C=O) groups excluding carboxylic acids is 2. The zero-order valence-corrected chi connectivity index (χ0v) is 19.4. The van der Waals surface area contributed by atoms with Crippen LogP contribution in [-0.4, -0.2) is 23.4 Å². The minimum Gasteiger partial charge on any atom is -0.490 e. The van der Waals surface area contributed by atoms with Crippen molar-refractivity contribution in [3.8, 4) is 11.5 Å². The van der Waals surface area contributed by atoms with Gasteiger partial charge in [0.1, 0.15) is 23.9 Å². The fourth-order valence-corrected chi connectivity index (χ4v) is 3.78. The van der Waals surface area contributed by atoms with E-state index in [0.29, 0.717) is 29.0 Å². The van der Waals surface area contributed by atoms with Crippen LogP contribution in [0.15, 0.2) is 66.4 Å². The van der Waals surface area contributed by atoms with Crippen molar-refractivity contribution in [1.29, 1.82) is 0 Å². The van der Waals surface area contributed by atoms with Gasteiger partial charge >= 0.3 is 6.03 Å². The number of amides is 3. The van der Waals surface area contributed by atoms with Gasteiger partial charge < -0.3 is 14.8 Å². The number of ether oxygens (including phenoxy) is 2. The average Bonchev–Trinajstić information content (AvgIpc) is 3.07. The molecule has 3 amide bonds. The highest BCUT2D eigenvalue weighted by molar-refractivity contribution is 6.32. The van der Waals surface area contributed by atoms with Gasteiger partial charge in [-0.2, -0.15) is 0 Å². The molecule has 0 aliphatic carbocycles. The number of rotatable bonds is 8. The first-order chi connectivity index (χ1) is 16.8. The first kappa shape index (κ1) is 24.2. The van der Waals surface area contributed by atoms with Gasteiger partial charge in [-0.25, -0.2) is 13.6 Å². The van der Waals surface area contributed by atoms with E-state index in [1.807, 2.05) is 0 Å². The lowest BCUT2D eigenvalue weighted by Gasteiger charge is -2.15. The van der Waals surface area contributed by atoms with E-state index < -0.39 is 17.8 Å². The third kappa shape index (κ3) is 5.78. The molecule has 1 heterocycles. The van der Waals surface area contributed by atoms with Crippen molar-refractivity contribution in [3.05, 3.63) is 99.7 Å². The van der Waals surface area contributed by atoms with Gasteiger partial charge in [0.25, 0.3) is 5.91 Å². The lowest BCUT2D eigenvalue weighted by Crippen LogP contribution is -2.30. The summed E-state index contributed by atoms with van der Waals surface area (Å²) in [5.74, 6) is -0.694. The molecular formula is C26H21ClF2N2O4. The molecule has 1 saturated heterocycles. The molecular weight excluding hydrogens is 478 g/mol. The molecule has 1 aliphatic rings. The molecule has 0 saturated carbocycles. The highest BCUT2D eigenvalue weighted by atomic mass is 35.5. The van der Waals surface area contributed by atoms with Crippen LogP contribution in [0, 0.1) is 11.6 Å². The number of benzene rings is 3. The molecule has 3 aromatic rings. The molecule has 35 heavy (non-hydrogen) atoms. The molecule has 3 aromatic carbocycles. The molecule has 6 nitrogen and oxygen atoms in total. The number of imide groups is 1. The molecule has 0 aromatic heterocycles. The van der Waals surface area contributed by atoms with E-state index in [9.17, 15) is 18.4 Å². The Labute approximate surface area is 205 Å². The SMILES string of the molecule is CCOc1cc(/C=C2/NC(=O)N(Cc3ccc(F)cc3)C2=O)cc(Cl)c1OCc1cccc(F)c1. The zero-order valence-electron chi connectivity index (χ0n) is 18.7. The van der Waals surface area contributed by atoms with Gasteiger partial charge in [-0.1, -0.05) is 35.9 Å². The third-order valence-corrected chi connectivity index (χ3v) is 5.41. The molecule has 0 unspecified atom stereocenters. The maximum Gasteiger partial charge on any atom is 0.329 e. The van der Waals surface area contributed by atoms with E-state index in [-0.39, 0.29) is 35.4 Å². The van der Waals surface area contributed by atoms with Gasteiger partial charge in [-0.05, 0) is 66.1 Å². The molecule has 1 aliphatic heterocycles. The predicted octanol–water partition coefficient (Wildman–Crippen LogP) is 5.69. The maximum absolute atomic E-state index is 13.5. The molecule has 4 rings (SSSR count). The largest absolute Gasteiger partial charge is 0.490 e. The first-order valence-corrected chi connectivity index (χ1v) is 11.1. The molecule has 0 radical (unpaired) electrons. The second-order valence-electron chi connectivity index (χ2n) is 7.69. The van der Waals surface area contributed by atoms with Crippen molar-refractivity contribution >= 4 is 29.6 Å². The van der Waals surface area contributed by atoms with Crippen LogP contribution in [0.25, 0.3) is 6.08 Å². The monoisotopic (exact) mass is 498 g/mol. The number of carbonyl (C=O) groups is 2. The van der Waals surface area contributed by atoms with E-state index >= 15 is 0 Å². The van der Waals surface area contributed by atoms with Crippen molar-refractivity contribution in [1.82, 2.24) is 10.2 Å². The van der Waals surface area contributed by atoms with Gasteiger partial charge in [0.15, 0.2) is 11.5 Å². The predicted molar refractivity (Wildman–Crippen MR) is 127 cm³/mol. The fourth-order valence-electron chi connectivity index (χ4n) is 3.51. The number of halogens is 3. The Balaban J connectivity index is 1.55. The van der Waals surface area contributed by atoms with E-state index in [2.05, 4.69) is 5.32 Å². The van der Waals surface area contributed by atoms with Gasteiger partial charge in [0.2, 0.25) is 0 Å². The second-order valence-corrected chi connectivity index (χ2v) is 8.09. The van der Waals surface area contributed by atoms with Crippen LogP contribution in [0.4, 0.5) is 13.6 Å². The van der Waals surface area contributed by atoms with Crippen LogP contribution < -0.4 is 14.8 Å². The summed E-state index contributed by atoms with van der Waals surface area (Å²) in [7, 11) is 0. The quantitative estimate of drug-likeness (QED) is 0.320. The fraction of sp³-hybridized carbons (Fsp3) is 0.154. The van der Waals surface area contributed by atoms with Gasteiger partial charge in [-0.3, -0.25) is 9.69 Å². The van der Waals surface area contributed by atoms with Crippen LogP contribution in [0.5, 0.6) is 11.5 Å². The van der Waals surface area contributed by atoms with Crippen LogP contribution >= 0.6 is 11.6 Å². The van der Waals surface area contributed by atoms with Gasteiger partial charge in [0.05, 0.1) is 18.2 Å². The number of hydrogen-bond acceptors (Lipinski definition) is 4. The Morgan fingerprint density at radius 1 is 0.971 bits per heavy atom. The van der Waals surface area contributed by atoms with Crippen molar-refractivity contribution in [2.75, 3.05) is 6.61 Å².